The molecule has 1 nitrogen and oxygen atoms in total. The maximum atomic E-state index is 5.66. The van der Waals surface area contributed by atoms with Gasteiger partial charge in [0.1, 0.15) is 0 Å². The summed E-state index contributed by atoms with van der Waals surface area (Å²) >= 11 is 0. The number of nitrogen functional groups attached to an aromatic ring is 1. The van der Waals surface area contributed by atoms with Crippen LogP contribution in [0.15, 0.2) is 54.6 Å². The Bertz CT molecular complexity index is 478. The average Bonchev–Trinajstić information content (AvgIpc) is 2.32. The van der Waals surface area contributed by atoms with Crippen LogP contribution in [0.5, 0.6) is 0 Å². The Labute approximate surface area is 96.2 Å². The molecule has 2 rings (SSSR count). The van der Waals surface area contributed by atoms with E-state index in [2.05, 4.69) is 30.3 Å². The van der Waals surface area contributed by atoms with E-state index < -0.39 is 0 Å². The molecule has 0 saturated carbocycles. The lowest BCUT2D eigenvalue weighted by molar-refractivity contribution is 1.59. The van der Waals surface area contributed by atoms with Gasteiger partial charge >= 0.3 is 0 Å². The van der Waals surface area contributed by atoms with Gasteiger partial charge in [0.15, 0.2) is 0 Å². The van der Waals surface area contributed by atoms with Crippen LogP contribution in [0.3, 0.4) is 0 Å². The zero-order valence-electron chi connectivity index (χ0n) is 9.35. The summed E-state index contributed by atoms with van der Waals surface area (Å²) in [5.41, 5.74) is 10.1. The number of anilines is 1. The Morgan fingerprint density at radius 2 is 1.31 bits per heavy atom. The van der Waals surface area contributed by atoms with Crippen molar-refractivity contribution in [3.63, 3.8) is 0 Å². The van der Waals surface area contributed by atoms with Crippen LogP contribution in [-0.2, 0) is 0 Å². The molecule has 0 aromatic heterocycles. The third kappa shape index (κ3) is 2.31. The maximum absolute atomic E-state index is 5.66. The summed E-state index contributed by atoms with van der Waals surface area (Å²) in [5, 5.41) is 0. The van der Waals surface area contributed by atoms with E-state index in [0.717, 1.165) is 5.69 Å². The van der Waals surface area contributed by atoms with Gasteiger partial charge in [0.2, 0.25) is 0 Å². The van der Waals surface area contributed by atoms with E-state index in [4.69, 9.17) is 5.73 Å². The number of allylic oxidation sites excluding steroid dienone is 1. The van der Waals surface area contributed by atoms with Gasteiger partial charge < -0.3 is 5.73 Å². The van der Waals surface area contributed by atoms with Crippen molar-refractivity contribution in [1.82, 2.24) is 0 Å². The Kier molecular flexibility index (Phi) is 3.06. The van der Waals surface area contributed by atoms with Gasteiger partial charge in [0.05, 0.1) is 0 Å². The molecule has 0 amide bonds. The van der Waals surface area contributed by atoms with Crippen LogP contribution in [0, 0.1) is 0 Å². The molecule has 0 bridgehead atoms. The summed E-state index contributed by atoms with van der Waals surface area (Å²) in [6.45, 7) is 2.02. The van der Waals surface area contributed by atoms with Gasteiger partial charge in [0.25, 0.3) is 0 Å². The number of hydrogen-bond acceptors (Lipinski definition) is 1. The van der Waals surface area contributed by atoms with Gasteiger partial charge in [-0.25, -0.2) is 0 Å². The zero-order valence-corrected chi connectivity index (χ0v) is 9.35. The molecule has 0 unspecified atom stereocenters. The van der Waals surface area contributed by atoms with Gasteiger partial charge in [0, 0.05) is 5.69 Å². The molecular formula is C15H15N. The van der Waals surface area contributed by atoms with E-state index in [1.165, 1.54) is 16.7 Å². The van der Waals surface area contributed by atoms with Gasteiger partial charge in [-0.15, -0.1) is 0 Å². The van der Waals surface area contributed by atoms with E-state index in [9.17, 15) is 0 Å². The smallest absolute Gasteiger partial charge is 0.0314 e. The monoisotopic (exact) mass is 209 g/mol. The quantitative estimate of drug-likeness (QED) is 0.744. The minimum absolute atomic E-state index is 0.800. The van der Waals surface area contributed by atoms with E-state index >= 15 is 0 Å². The zero-order chi connectivity index (χ0) is 11.4. The van der Waals surface area contributed by atoms with Crippen molar-refractivity contribution in [2.24, 2.45) is 0 Å². The fraction of sp³-hybridized carbons (Fsp3) is 0.0667. The van der Waals surface area contributed by atoms with Crippen molar-refractivity contribution in [2.45, 2.75) is 6.92 Å². The topological polar surface area (TPSA) is 26.0 Å². The lowest BCUT2D eigenvalue weighted by Crippen LogP contribution is -1.84. The predicted octanol–water partition coefficient (Wildman–Crippen LogP) is 3.97. The molecule has 0 saturated heterocycles. The number of benzene rings is 2. The molecule has 0 spiro atoms. The molecule has 2 aromatic carbocycles. The van der Waals surface area contributed by atoms with Crippen LogP contribution in [0.1, 0.15) is 12.5 Å². The van der Waals surface area contributed by atoms with Crippen molar-refractivity contribution in [3.8, 4) is 11.1 Å². The summed E-state index contributed by atoms with van der Waals surface area (Å²) in [6.07, 6.45) is 4.13. The van der Waals surface area contributed by atoms with Crippen molar-refractivity contribution < 1.29 is 0 Å². The van der Waals surface area contributed by atoms with Crippen LogP contribution in [-0.4, -0.2) is 0 Å². The van der Waals surface area contributed by atoms with Gasteiger partial charge in [-0.3, -0.25) is 0 Å². The SMILES string of the molecule is C/C=C/c1ccc(-c2ccc(N)cc2)cc1. The first-order valence-electron chi connectivity index (χ1n) is 5.38. The highest BCUT2D eigenvalue weighted by Gasteiger charge is 1.96. The second-order valence-electron chi connectivity index (χ2n) is 3.74. The Hall–Kier alpha value is -2.02. The number of rotatable bonds is 2. The van der Waals surface area contributed by atoms with Crippen molar-refractivity contribution in [1.29, 1.82) is 0 Å². The van der Waals surface area contributed by atoms with E-state index in [1.54, 1.807) is 0 Å². The van der Waals surface area contributed by atoms with Crippen LogP contribution in [0.4, 0.5) is 5.69 Å². The van der Waals surface area contributed by atoms with Crippen molar-refractivity contribution >= 4 is 11.8 Å². The molecule has 0 fully saturated rings. The standard InChI is InChI=1S/C15H15N/c1-2-3-12-4-6-13(7-5-12)14-8-10-15(16)11-9-14/h2-11H,16H2,1H3/b3-2+. The Morgan fingerprint density at radius 3 is 1.81 bits per heavy atom. The second kappa shape index (κ2) is 4.67. The predicted molar refractivity (Wildman–Crippen MR) is 71.0 cm³/mol. The highest BCUT2D eigenvalue weighted by Crippen LogP contribution is 2.21. The summed E-state index contributed by atoms with van der Waals surface area (Å²) in [7, 11) is 0. The summed E-state index contributed by atoms with van der Waals surface area (Å²) in [5.74, 6) is 0. The van der Waals surface area contributed by atoms with Crippen LogP contribution < -0.4 is 5.73 Å². The molecule has 0 atom stereocenters. The highest BCUT2D eigenvalue weighted by atomic mass is 14.5. The summed E-state index contributed by atoms with van der Waals surface area (Å²) in [4.78, 5) is 0. The minimum Gasteiger partial charge on any atom is -0.399 e. The maximum Gasteiger partial charge on any atom is 0.0314 e. The van der Waals surface area contributed by atoms with E-state index in [1.807, 2.05) is 37.3 Å². The van der Waals surface area contributed by atoms with Gasteiger partial charge in [-0.05, 0) is 35.7 Å². The molecule has 16 heavy (non-hydrogen) atoms. The highest BCUT2D eigenvalue weighted by molar-refractivity contribution is 5.67. The molecule has 1 heteroatoms. The van der Waals surface area contributed by atoms with Gasteiger partial charge in [-0.2, -0.15) is 0 Å². The van der Waals surface area contributed by atoms with Crippen LogP contribution >= 0.6 is 0 Å². The normalized spacial score (nSPS) is 10.8. The summed E-state index contributed by atoms with van der Waals surface area (Å²) in [6, 6.07) is 16.4. The lowest BCUT2D eigenvalue weighted by atomic mass is 10.0. The Balaban J connectivity index is 2.31. The van der Waals surface area contributed by atoms with E-state index in [0.29, 0.717) is 0 Å². The Morgan fingerprint density at radius 1 is 0.812 bits per heavy atom. The molecule has 0 aliphatic rings. The third-order valence-electron chi connectivity index (χ3n) is 2.51. The average molecular weight is 209 g/mol. The van der Waals surface area contributed by atoms with Crippen molar-refractivity contribution in [3.05, 3.63) is 60.2 Å². The molecule has 0 heterocycles. The van der Waals surface area contributed by atoms with Crippen LogP contribution in [0.2, 0.25) is 0 Å². The molecular weight excluding hydrogens is 194 g/mol. The lowest BCUT2D eigenvalue weighted by Gasteiger charge is -2.02. The second-order valence-corrected chi connectivity index (χ2v) is 3.74. The first-order chi connectivity index (χ1) is 7.79. The molecule has 0 radical (unpaired) electrons. The fourth-order valence-electron chi connectivity index (χ4n) is 1.65. The van der Waals surface area contributed by atoms with Crippen molar-refractivity contribution in [2.75, 3.05) is 5.73 Å². The first kappa shape index (κ1) is 10.5. The van der Waals surface area contributed by atoms with Crippen LogP contribution in [0.25, 0.3) is 17.2 Å². The largest absolute Gasteiger partial charge is 0.399 e. The fourth-order valence-corrected chi connectivity index (χ4v) is 1.65. The van der Waals surface area contributed by atoms with Gasteiger partial charge in [-0.1, -0.05) is 48.6 Å². The first-order valence-corrected chi connectivity index (χ1v) is 5.38. The molecule has 80 valence electrons. The molecule has 2 N–H and O–H groups in total. The number of hydrogen-bond donors (Lipinski definition) is 1. The molecule has 0 aliphatic heterocycles. The van der Waals surface area contributed by atoms with E-state index in [-0.39, 0.29) is 0 Å². The third-order valence-corrected chi connectivity index (χ3v) is 2.51. The molecule has 2 aromatic rings. The molecule has 0 aliphatic carbocycles. The summed E-state index contributed by atoms with van der Waals surface area (Å²) < 4.78 is 0. The minimum atomic E-state index is 0.800. The number of nitrogens with two attached hydrogens (primary N) is 1.